The van der Waals surface area contributed by atoms with Gasteiger partial charge < -0.3 is 9.84 Å². The van der Waals surface area contributed by atoms with Crippen molar-refractivity contribution in [3.8, 4) is 11.4 Å². The third kappa shape index (κ3) is 4.13. The monoisotopic (exact) mass is 391 g/mol. The lowest BCUT2D eigenvalue weighted by Crippen LogP contribution is -2.06. The third-order valence-electron chi connectivity index (χ3n) is 4.11. The minimum Gasteiger partial charge on any atom is -0.487 e. The van der Waals surface area contributed by atoms with Gasteiger partial charge in [0.25, 0.3) is 0 Å². The van der Waals surface area contributed by atoms with Crippen LogP contribution in [0.2, 0.25) is 0 Å². The molecule has 0 aliphatic rings. The number of rotatable bonds is 5. The highest BCUT2D eigenvalue weighted by atomic mass is 19.4. The highest BCUT2D eigenvalue weighted by molar-refractivity contribution is 5.89. The van der Waals surface area contributed by atoms with Gasteiger partial charge in [-0.05, 0) is 61.9 Å². The summed E-state index contributed by atoms with van der Waals surface area (Å²) >= 11 is 0. The molecule has 0 bridgehead atoms. The Hall–Kier alpha value is -3.36. The van der Waals surface area contributed by atoms with Gasteiger partial charge in [0.1, 0.15) is 18.1 Å². The van der Waals surface area contributed by atoms with Crippen molar-refractivity contribution in [3.05, 3.63) is 70.5 Å². The zero-order valence-corrected chi connectivity index (χ0v) is 15.0. The minimum atomic E-state index is -4.40. The molecular weight excluding hydrogens is 375 g/mol. The second-order valence-corrected chi connectivity index (χ2v) is 6.14. The summed E-state index contributed by atoms with van der Waals surface area (Å²) < 4.78 is 43.6. The summed E-state index contributed by atoms with van der Waals surface area (Å²) in [6, 6.07) is 9.14. The Balaban J connectivity index is 1.74. The van der Waals surface area contributed by atoms with E-state index in [4.69, 9.17) is 9.84 Å². The number of carboxylic acids is 1. The Kier molecular flexibility index (Phi) is 5.08. The molecule has 1 heterocycles. The predicted molar refractivity (Wildman–Crippen MR) is 93.6 cm³/mol. The predicted octanol–water partition coefficient (Wildman–Crippen LogP) is 4.18. The molecule has 0 atom stereocenters. The molecule has 2 aromatic carbocycles. The number of benzene rings is 2. The second-order valence-electron chi connectivity index (χ2n) is 6.14. The summed E-state index contributed by atoms with van der Waals surface area (Å²) in [7, 11) is 0. The van der Waals surface area contributed by atoms with E-state index in [9.17, 15) is 18.0 Å². The van der Waals surface area contributed by atoms with E-state index in [1.807, 2.05) is 0 Å². The van der Waals surface area contributed by atoms with E-state index in [0.29, 0.717) is 28.4 Å². The summed E-state index contributed by atoms with van der Waals surface area (Å²) in [6.45, 7) is 3.46. The van der Waals surface area contributed by atoms with Crippen LogP contribution in [0.1, 0.15) is 32.9 Å². The fourth-order valence-electron chi connectivity index (χ4n) is 2.56. The minimum absolute atomic E-state index is 0.0817. The number of hydrogen-bond donors (Lipinski definition) is 1. The van der Waals surface area contributed by atoms with Gasteiger partial charge in [-0.3, -0.25) is 0 Å². The zero-order chi connectivity index (χ0) is 20.5. The van der Waals surface area contributed by atoms with Gasteiger partial charge in [0.15, 0.2) is 0 Å². The zero-order valence-electron chi connectivity index (χ0n) is 15.0. The number of carbonyl (C=O) groups is 1. The van der Waals surface area contributed by atoms with E-state index in [0.717, 1.165) is 12.1 Å². The number of nitrogens with zero attached hydrogens (tertiary/aromatic N) is 3. The number of carboxylic acid groups (broad SMARTS) is 1. The number of hydrogen-bond acceptors (Lipinski definition) is 4. The molecule has 9 heteroatoms. The van der Waals surface area contributed by atoms with Crippen LogP contribution in [-0.2, 0) is 12.8 Å². The maximum Gasteiger partial charge on any atom is 0.416 e. The van der Waals surface area contributed by atoms with E-state index in [1.54, 1.807) is 26.0 Å². The third-order valence-corrected chi connectivity index (χ3v) is 4.11. The number of aryl methyl sites for hydroxylation is 2. The largest absolute Gasteiger partial charge is 0.487 e. The lowest BCUT2D eigenvalue weighted by atomic mass is 10.1. The van der Waals surface area contributed by atoms with Crippen LogP contribution in [0, 0.1) is 13.8 Å². The number of aromatic nitrogens is 3. The van der Waals surface area contributed by atoms with Crippen molar-refractivity contribution in [3.63, 3.8) is 0 Å². The Morgan fingerprint density at radius 2 is 1.79 bits per heavy atom. The molecule has 3 aromatic rings. The van der Waals surface area contributed by atoms with Gasteiger partial charge in [-0.2, -0.15) is 23.1 Å². The molecule has 0 amide bonds. The van der Waals surface area contributed by atoms with Crippen LogP contribution in [0.15, 0.2) is 42.5 Å². The number of alkyl halides is 3. The van der Waals surface area contributed by atoms with Gasteiger partial charge in [-0.15, -0.1) is 5.10 Å². The molecule has 0 saturated carbocycles. The molecule has 146 valence electrons. The lowest BCUT2D eigenvalue weighted by molar-refractivity contribution is -0.137. The standard InChI is InChI=1S/C19H16F3N3O3/c1-11-9-15(7-8-16(11)18(26)27)28-10-17-12(2)23-25(24-17)14-5-3-13(4-6-14)19(20,21)22/h3-9H,10H2,1-2H3,(H,26,27). The Morgan fingerprint density at radius 1 is 1.11 bits per heavy atom. The number of ether oxygens (including phenoxy) is 1. The van der Waals surface area contributed by atoms with Crippen molar-refractivity contribution in [1.82, 2.24) is 15.0 Å². The molecule has 0 saturated heterocycles. The first-order valence-corrected chi connectivity index (χ1v) is 8.22. The molecule has 0 unspecified atom stereocenters. The fourth-order valence-corrected chi connectivity index (χ4v) is 2.56. The first-order valence-electron chi connectivity index (χ1n) is 8.22. The Bertz CT molecular complexity index is 1010. The summed E-state index contributed by atoms with van der Waals surface area (Å²) in [5.41, 5.74) is 1.48. The average Bonchev–Trinajstić information content (AvgIpc) is 3.00. The van der Waals surface area contributed by atoms with Gasteiger partial charge in [-0.25, -0.2) is 4.79 Å². The molecule has 3 rings (SSSR count). The number of halogens is 3. The van der Waals surface area contributed by atoms with Gasteiger partial charge in [-0.1, -0.05) is 0 Å². The van der Waals surface area contributed by atoms with Crippen molar-refractivity contribution in [2.75, 3.05) is 0 Å². The van der Waals surface area contributed by atoms with Crippen molar-refractivity contribution >= 4 is 5.97 Å². The van der Waals surface area contributed by atoms with Crippen LogP contribution in [0.25, 0.3) is 5.69 Å². The molecule has 0 fully saturated rings. The van der Waals surface area contributed by atoms with Crippen LogP contribution >= 0.6 is 0 Å². The molecule has 0 spiro atoms. The maximum absolute atomic E-state index is 12.7. The first-order chi connectivity index (χ1) is 13.1. The molecule has 6 nitrogen and oxygen atoms in total. The van der Waals surface area contributed by atoms with E-state index < -0.39 is 17.7 Å². The summed E-state index contributed by atoms with van der Waals surface area (Å²) in [4.78, 5) is 12.3. The van der Waals surface area contributed by atoms with Crippen LogP contribution in [-0.4, -0.2) is 26.1 Å². The number of aromatic carboxylic acids is 1. The second kappa shape index (κ2) is 7.34. The molecule has 1 aromatic heterocycles. The highest BCUT2D eigenvalue weighted by Gasteiger charge is 2.30. The van der Waals surface area contributed by atoms with Crippen molar-refractivity contribution in [1.29, 1.82) is 0 Å². The quantitative estimate of drug-likeness (QED) is 0.706. The van der Waals surface area contributed by atoms with Crippen LogP contribution in [0.5, 0.6) is 5.75 Å². The average molecular weight is 391 g/mol. The Labute approximate surface area is 158 Å². The maximum atomic E-state index is 12.7. The molecule has 28 heavy (non-hydrogen) atoms. The van der Waals surface area contributed by atoms with Gasteiger partial charge >= 0.3 is 12.1 Å². The van der Waals surface area contributed by atoms with E-state index in [-0.39, 0.29) is 12.2 Å². The van der Waals surface area contributed by atoms with E-state index in [1.165, 1.54) is 23.0 Å². The Morgan fingerprint density at radius 3 is 2.36 bits per heavy atom. The van der Waals surface area contributed by atoms with Gasteiger partial charge in [0.2, 0.25) is 0 Å². The lowest BCUT2D eigenvalue weighted by Gasteiger charge is -2.07. The summed E-state index contributed by atoms with van der Waals surface area (Å²) in [5.74, 6) is -0.537. The smallest absolute Gasteiger partial charge is 0.416 e. The molecule has 0 aliphatic carbocycles. The summed E-state index contributed by atoms with van der Waals surface area (Å²) in [5, 5.41) is 17.5. The van der Waals surface area contributed by atoms with Gasteiger partial charge in [0.05, 0.1) is 22.5 Å². The molecule has 1 N–H and O–H groups in total. The highest BCUT2D eigenvalue weighted by Crippen LogP contribution is 2.29. The van der Waals surface area contributed by atoms with Crippen molar-refractivity contribution < 1.29 is 27.8 Å². The van der Waals surface area contributed by atoms with Crippen LogP contribution < -0.4 is 4.74 Å². The summed E-state index contributed by atoms with van der Waals surface area (Å²) in [6.07, 6.45) is -4.40. The SMILES string of the molecule is Cc1cc(OCc2nn(-c3ccc(C(F)(F)F)cc3)nc2C)ccc1C(=O)O. The van der Waals surface area contributed by atoms with Crippen LogP contribution in [0.4, 0.5) is 13.2 Å². The van der Waals surface area contributed by atoms with E-state index in [2.05, 4.69) is 10.2 Å². The van der Waals surface area contributed by atoms with Gasteiger partial charge in [0, 0.05) is 0 Å². The first kappa shape index (κ1) is 19.4. The van der Waals surface area contributed by atoms with Crippen LogP contribution in [0.3, 0.4) is 0 Å². The molecular formula is C19H16F3N3O3. The molecule has 0 aliphatic heterocycles. The normalized spacial score (nSPS) is 11.5. The topological polar surface area (TPSA) is 77.2 Å². The fraction of sp³-hybridized carbons (Fsp3) is 0.211. The molecule has 0 radical (unpaired) electrons. The van der Waals surface area contributed by atoms with E-state index >= 15 is 0 Å². The van der Waals surface area contributed by atoms with Crippen molar-refractivity contribution in [2.24, 2.45) is 0 Å². The van der Waals surface area contributed by atoms with Crippen molar-refractivity contribution in [2.45, 2.75) is 26.6 Å².